The molecule has 2 rings (SSSR count). The van der Waals surface area contributed by atoms with Crippen molar-refractivity contribution in [2.45, 2.75) is 6.92 Å². The number of aromatic nitrogens is 1. The second kappa shape index (κ2) is 4.47. The fourth-order valence-corrected chi connectivity index (χ4v) is 1.48. The minimum absolute atomic E-state index is 0.0363. The van der Waals surface area contributed by atoms with Crippen LogP contribution in [-0.2, 0) is 0 Å². The van der Waals surface area contributed by atoms with Gasteiger partial charge in [0.05, 0.1) is 11.2 Å². The molecular formula is C11H9ClN2O3. The largest absolute Gasteiger partial charge is 0.506 e. The van der Waals surface area contributed by atoms with Gasteiger partial charge in [-0.05, 0) is 25.1 Å². The van der Waals surface area contributed by atoms with Crippen LogP contribution in [0.3, 0.4) is 0 Å². The van der Waals surface area contributed by atoms with Gasteiger partial charge in [0.1, 0.15) is 17.1 Å². The molecule has 2 aromatic rings. The summed E-state index contributed by atoms with van der Waals surface area (Å²) in [5.41, 5.74) is 0.840. The summed E-state index contributed by atoms with van der Waals surface area (Å²) in [5.74, 6) is 0.0590. The highest BCUT2D eigenvalue weighted by Crippen LogP contribution is 2.26. The van der Waals surface area contributed by atoms with Crippen LogP contribution in [0.5, 0.6) is 5.75 Å². The second-order valence-electron chi connectivity index (χ2n) is 3.42. The molecule has 0 saturated carbocycles. The van der Waals surface area contributed by atoms with Gasteiger partial charge in [-0.1, -0.05) is 16.8 Å². The Kier molecular flexibility index (Phi) is 3.01. The molecule has 0 atom stereocenters. The van der Waals surface area contributed by atoms with Crippen LogP contribution in [0.25, 0.3) is 0 Å². The fraction of sp³-hybridized carbons (Fsp3) is 0.0909. The number of nitrogens with zero attached hydrogens (tertiary/aromatic N) is 1. The molecule has 0 spiro atoms. The zero-order valence-electron chi connectivity index (χ0n) is 8.90. The highest BCUT2D eigenvalue weighted by molar-refractivity contribution is 6.32. The summed E-state index contributed by atoms with van der Waals surface area (Å²) in [6.45, 7) is 1.64. The Morgan fingerprint density at radius 2 is 2.29 bits per heavy atom. The van der Waals surface area contributed by atoms with Crippen molar-refractivity contribution in [1.82, 2.24) is 5.16 Å². The maximum atomic E-state index is 11.8. The Hall–Kier alpha value is -2.01. The SMILES string of the molecule is Cc1oncc1C(=O)Nc1ccc(O)c(Cl)c1. The average molecular weight is 253 g/mol. The Morgan fingerprint density at radius 3 is 2.88 bits per heavy atom. The maximum absolute atomic E-state index is 11.8. The van der Waals surface area contributed by atoms with Gasteiger partial charge in [-0.2, -0.15) is 0 Å². The molecule has 0 aliphatic heterocycles. The van der Waals surface area contributed by atoms with E-state index in [-0.39, 0.29) is 16.7 Å². The van der Waals surface area contributed by atoms with Gasteiger partial charge in [0.25, 0.3) is 5.91 Å². The number of hydrogen-bond donors (Lipinski definition) is 2. The van der Waals surface area contributed by atoms with E-state index in [0.717, 1.165) is 0 Å². The molecule has 2 N–H and O–H groups in total. The number of anilines is 1. The summed E-state index contributed by atoms with van der Waals surface area (Å²) in [6, 6.07) is 4.40. The quantitative estimate of drug-likeness (QED) is 0.806. The summed E-state index contributed by atoms with van der Waals surface area (Å²) in [5, 5.41) is 15.5. The molecule has 0 unspecified atom stereocenters. The Balaban J connectivity index is 2.19. The number of aryl methyl sites for hydroxylation is 1. The van der Waals surface area contributed by atoms with Crippen molar-refractivity contribution >= 4 is 23.2 Å². The lowest BCUT2D eigenvalue weighted by atomic mass is 10.2. The van der Waals surface area contributed by atoms with E-state index in [9.17, 15) is 9.90 Å². The molecule has 1 heterocycles. The van der Waals surface area contributed by atoms with Crippen LogP contribution < -0.4 is 5.32 Å². The molecule has 0 fully saturated rings. The Morgan fingerprint density at radius 1 is 1.53 bits per heavy atom. The van der Waals surface area contributed by atoms with E-state index in [0.29, 0.717) is 17.0 Å². The first-order valence-corrected chi connectivity index (χ1v) is 5.17. The number of halogens is 1. The van der Waals surface area contributed by atoms with Crippen molar-refractivity contribution in [3.05, 3.63) is 40.7 Å². The van der Waals surface area contributed by atoms with E-state index >= 15 is 0 Å². The molecule has 1 amide bonds. The normalized spacial score (nSPS) is 10.2. The minimum atomic E-state index is -0.342. The molecule has 1 aromatic heterocycles. The molecule has 17 heavy (non-hydrogen) atoms. The van der Waals surface area contributed by atoms with E-state index in [2.05, 4.69) is 10.5 Å². The van der Waals surface area contributed by atoms with E-state index in [1.54, 1.807) is 13.0 Å². The second-order valence-corrected chi connectivity index (χ2v) is 3.82. The molecule has 0 saturated heterocycles. The van der Waals surface area contributed by atoms with Crippen LogP contribution in [0.1, 0.15) is 16.1 Å². The van der Waals surface area contributed by atoms with Crippen molar-refractivity contribution in [3.8, 4) is 5.75 Å². The standard InChI is InChI=1S/C11H9ClN2O3/c1-6-8(5-13-17-6)11(16)14-7-2-3-10(15)9(12)4-7/h2-5,15H,1H3,(H,14,16). The van der Waals surface area contributed by atoms with Crippen LogP contribution in [0.15, 0.2) is 28.9 Å². The van der Waals surface area contributed by atoms with E-state index in [1.807, 2.05) is 0 Å². The number of carbonyl (C=O) groups is 1. The molecule has 6 heteroatoms. The lowest BCUT2D eigenvalue weighted by Gasteiger charge is -2.05. The van der Waals surface area contributed by atoms with E-state index in [1.165, 1.54) is 18.3 Å². The maximum Gasteiger partial charge on any atom is 0.260 e. The van der Waals surface area contributed by atoms with Gasteiger partial charge < -0.3 is 14.9 Å². The number of benzene rings is 1. The third-order valence-electron chi connectivity index (χ3n) is 2.20. The van der Waals surface area contributed by atoms with E-state index < -0.39 is 0 Å². The molecule has 88 valence electrons. The van der Waals surface area contributed by atoms with E-state index in [4.69, 9.17) is 16.1 Å². The van der Waals surface area contributed by atoms with Crippen molar-refractivity contribution in [1.29, 1.82) is 0 Å². The molecule has 0 aliphatic rings. The topological polar surface area (TPSA) is 75.4 Å². The number of rotatable bonds is 2. The molecule has 1 aromatic carbocycles. The first kappa shape index (κ1) is 11.5. The van der Waals surface area contributed by atoms with Crippen LogP contribution in [0.2, 0.25) is 5.02 Å². The molecule has 0 bridgehead atoms. The average Bonchev–Trinajstić information content (AvgIpc) is 2.70. The Labute approximate surface area is 102 Å². The summed E-state index contributed by atoms with van der Waals surface area (Å²) in [4.78, 5) is 11.8. The number of nitrogens with one attached hydrogen (secondary N) is 1. The number of amides is 1. The third-order valence-corrected chi connectivity index (χ3v) is 2.50. The monoisotopic (exact) mass is 252 g/mol. The predicted octanol–water partition coefficient (Wildman–Crippen LogP) is 2.59. The molecule has 0 aliphatic carbocycles. The number of hydrogen-bond acceptors (Lipinski definition) is 4. The summed E-state index contributed by atoms with van der Waals surface area (Å²) in [6.07, 6.45) is 1.34. The highest BCUT2D eigenvalue weighted by atomic mass is 35.5. The summed E-state index contributed by atoms with van der Waals surface area (Å²) in [7, 11) is 0. The number of carbonyl (C=O) groups excluding carboxylic acids is 1. The van der Waals surface area contributed by atoms with Crippen molar-refractivity contribution in [2.24, 2.45) is 0 Å². The fourth-order valence-electron chi connectivity index (χ4n) is 1.30. The summed E-state index contributed by atoms with van der Waals surface area (Å²) < 4.78 is 4.79. The van der Waals surface area contributed by atoms with Crippen LogP contribution in [-0.4, -0.2) is 16.2 Å². The zero-order valence-corrected chi connectivity index (χ0v) is 9.65. The zero-order chi connectivity index (χ0) is 12.4. The smallest absolute Gasteiger partial charge is 0.260 e. The van der Waals surface area contributed by atoms with Crippen LogP contribution in [0, 0.1) is 6.92 Å². The highest BCUT2D eigenvalue weighted by Gasteiger charge is 2.13. The van der Waals surface area contributed by atoms with Gasteiger partial charge in [0, 0.05) is 5.69 Å². The molecule has 0 radical (unpaired) electrons. The number of phenolic OH excluding ortho intramolecular Hbond substituents is 1. The van der Waals surface area contributed by atoms with Gasteiger partial charge >= 0.3 is 0 Å². The number of aromatic hydroxyl groups is 1. The molecular weight excluding hydrogens is 244 g/mol. The van der Waals surface area contributed by atoms with Gasteiger partial charge in [0.15, 0.2) is 0 Å². The lowest BCUT2D eigenvalue weighted by molar-refractivity contribution is 0.102. The minimum Gasteiger partial charge on any atom is -0.506 e. The van der Waals surface area contributed by atoms with Crippen molar-refractivity contribution in [3.63, 3.8) is 0 Å². The van der Waals surface area contributed by atoms with Gasteiger partial charge in [-0.15, -0.1) is 0 Å². The van der Waals surface area contributed by atoms with Crippen molar-refractivity contribution in [2.75, 3.05) is 5.32 Å². The lowest BCUT2D eigenvalue weighted by Crippen LogP contribution is -2.11. The van der Waals surface area contributed by atoms with Gasteiger partial charge in [0.2, 0.25) is 0 Å². The predicted molar refractivity (Wildman–Crippen MR) is 62.3 cm³/mol. The first-order chi connectivity index (χ1) is 8.08. The van der Waals surface area contributed by atoms with Crippen molar-refractivity contribution < 1.29 is 14.4 Å². The van der Waals surface area contributed by atoms with Crippen LogP contribution >= 0.6 is 11.6 Å². The summed E-state index contributed by atoms with van der Waals surface area (Å²) >= 11 is 5.72. The van der Waals surface area contributed by atoms with Crippen LogP contribution in [0.4, 0.5) is 5.69 Å². The van der Waals surface area contributed by atoms with Gasteiger partial charge in [-0.3, -0.25) is 4.79 Å². The number of phenols is 1. The molecule has 5 nitrogen and oxygen atoms in total. The first-order valence-electron chi connectivity index (χ1n) is 4.79. The van der Waals surface area contributed by atoms with Gasteiger partial charge in [-0.25, -0.2) is 0 Å². The Bertz CT molecular complexity index is 566. The third kappa shape index (κ3) is 2.39.